The topological polar surface area (TPSA) is 50.2 Å². The number of pyridine rings is 1. The molecule has 39 heavy (non-hydrogen) atoms. The van der Waals surface area contributed by atoms with Crippen LogP contribution in [0.3, 0.4) is 0 Å². The minimum atomic E-state index is -0.214. The van der Waals surface area contributed by atoms with Crippen molar-refractivity contribution in [3.05, 3.63) is 89.6 Å². The number of allylic oxidation sites excluding steroid dienone is 2. The van der Waals surface area contributed by atoms with Gasteiger partial charge in [0.2, 0.25) is 0 Å². The molecule has 1 radical (unpaired) electrons. The number of rotatable bonds is 8. The van der Waals surface area contributed by atoms with E-state index in [9.17, 15) is 14.3 Å². The fraction of sp³-hybridized carbons (Fsp3) is 0.353. The summed E-state index contributed by atoms with van der Waals surface area (Å²) in [6.45, 7) is 12.2. The van der Waals surface area contributed by atoms with E-state index in [1.807, 2.05) is 59.0 Å². The van der Waals surface area contributed by atoms with Gasteiger partial charge < -0.3 is 10.1 Å². The number of benzene rings is 3. The zero-order chi connectivity index (χ0) is 27.8. The molecule has 4 aromatic rings. The van der Waals surface area contributed by atoms with Gasteiger partial charge in [-0.05, 0) is 65.1 Å². The van der Waals surface area contributed by atoms with E-state index in [-0.39, 0.29) is 49.3 Å². The average Bonchev–Trinajstić information content (AvgIpc) is 2.89. The predicted octanol–water partition coefficient (Wildman–Crippen LogP) is 9.48. The summed E-state index contributed by atoms with van der Waals surface area (Å²) in [7, 11) is 0. The number of carbonyl (C=O) groups is 1. The van der Waals surface area contributed by atoms with E-state index < -0.39 is 0 Å². The number of carbonyl (C=O) groups excluding carboxylic acids is 1. The van der Waals surface area contributed by atoms with Crippen LogP contribution < -0.4 is 0 Å². The number of hydrogen-bond acceptors (Lipinski definition) is 3. The van der Waals surface area contributed by atoms with Gasteiger partial charge in [0.1, 0.15) is 5.82 Å². The van der Waals surface area contributed by atoms with Crippen LogP contribution in [0, 0.1) is 37.6 Å². The van der Waals surface area contributed by atoms with Crippen LogP contribution in [0.15, 0.2) is 66.6 Å². The minimum Gasteiger partial charge on any atom is -0.512 e. The van der Waals surface area contributed by atoms with Crippen molar-refractivity contribution in [3.63, 3.8) is 0 Å². The van der Waals surface area contributed by atoms with E-state index >= 15 is 0 Å². The van der Waals surface area contributed by atoms with Crippen molar-refractivity contribution in [1.29, 1.82) is 0 Å². The predicted molar refractivity (Wildman–Crippen MR) is 157 cm³/mol. The first kappa shape index (κ1) is 32.3. The molecule has 1 N–H and O–H groups in total. The summed E-state index contributed by atoms with van der Waals surface area (Å²) in [4.78, 5) is 16.3. The van der Waals surface area contributed by atoms with E-state index in [2.05, 4.69) is 36.2 Å². The number of nitrogens with zero attached hydrogens (tertiary/aromatic N) is 1. The van der Waals surface area contributed by atoms with Crippen molar-refractivity contribution >= 4 is 27.3 Å². The fourth-order valence-corrected chi connectivity index (χ4v) is 4.89. The Morgan fingerprint density at radius 2 is 1.54 bits per heavy atom. The first-order valence-corrected chi connectivity index (χ1v) is 13.6. The second-order valence-corrected chi connectivity index (χ2v) is 9.97. The van der Waals surface area contributed by atoms with Crippen LogP contribution in [0.25, 0.3) is 32.8 Å². The van der Waals surface area contributed by atoms with Gasteiger partial charge in [-0.3, -0.25) is 4.79 Å². The molecule has 209 valence electrons. The van der Waals surface area contributed by atoms with Gasteiger partial charge in [-0.15, -0.1) is 34.9 Å². The van der Waals surface area contributed by atoms with Crippen molar-refractivity contribution in [2.45, 2.75) is 67.2 Å². The third-order valence-corrected chi connectivity index (χ3v) is 7.19. The number of hydrogen-bond donors (Lipinski definition) is 1. The van der Waals surface area contributed by atoms with Gasteiger partial charge in [0.25, 0.3) is 0 Å². The van der Waals surface area contributed by atoms with E-state index in [0.717, 1.165) is 64.0 Å². The Kier molecular flexibility index (Phi) is 12.5. The largest absolute Gasteiger partial charge is 0.512 e. The molecule has 3 nitrogen and oxygen atoms in total. The molecular formula is C34H39FIrNO2-. The van der Waals surface area contributed by atoms with Gasteiger partial charge in [0.05, 0.1) is 5.76 Å². The van der Waals surface area contributed by atoms with Crippen LogP contribution in [-0.2, 0) is 24.9 Å². The summed E-state index contributed by atoms with van der Waals surface area (Å²) < 4.78 is 13.5. The molecule has 0 aliphatic carbocycles. The maximum absolute atomic E-state index is 13.5. The van der Waals surface area contributed by atoms with Crippen molar-refractivity contribution < 1.29 is 34.4 Å². The molecule has 0 saturated carbocycles. The molecule has 3 aromatic carbocycles. The zero-order valence-corrected chi connectivity index (χ0v) is 26.2. The first-order valence-electron chi connectivity index (χ1n) is 13.6. The summed E-state index contributed by atoms with van der Waals surface area (Å²) in [5.41, 5.74) is 4.17. The Morgan fingerprint density at radius 1 is 0.897 bits per heavy atom. The second-order valence-electron chi connectivity index (χ2n) is 9.97. The molecule has 0 fully saturated rings. The van der Waals surface area contributed by atoms with Gasteiger partial charge in [0, 0.05) is 44.2 Å². The Morgan fingerprint density at radius 3 is 2.15 bits per heavy atom. The summed E-state index contributed by atoms with van der Waals surface area (Å²) >= 11 is 0. The van der Waals surface area contributed by atoms with Crippen LogP contribution >= 0.6 is 0 Å². The fourth-order valence-electron chi connectivity index (χ4n) is 4.89. The molecule has 0 bridgehead atoms. The third kappa shape index (κ3) is 8.30. The van der Waals surface area contributed by atoms with Gasteiger partial charge >= 0.3 is 0 Å². The molecule has 0 saturated heterocycles. The Hall–Kier alpha value is -2.88. The molecule has 0 spiro atoms. The van der Waals surface area contributed by atoms with Crippen molar-refractivity contribution in [2.75, 3.05) is 0 Å². The minimum absolute atomic E-state index is 0. The molecule has 5 heteroatoms. The van der Waals surface area contributed by atoms with Gasteiger partial charge in [0.15, 0.2) is 5.78 Å². The number of aromatic nitrogens is 1. The quantitative estimate of drug-likeness (QED) is 0.0861. The Labute approximate surface area is 245 Å². The van der Waals surface area contributed by atoms with Crippen LogP contribution in [0.2, 0.25) is 0 Å². The normalized spacial score (nSPS) is 11.5. The first-order chi connectivity index (χ1) is 18.2. The number of halogens is 1. The van der Waals surface area contributed by atoms with E-state index in [4.69, 9.17) is 0 Å². The third-order valence-electron chi connectivity index (χ3n) is 7.19. The van der Waals surface area contributed by atoms with Crippen molar-refractivity contribution in [3.8, 4) is 11.3 Å². The Bertz CT molecular complexity index is 1420. The Balaban J connectivity index is 0.000000294. The molecule has 0 atom stereocenters. The number of aliphatic hydroxyl groups is 1. The van der Waals surface area contributed by atoms with Gasteiger partial charge in [-0.2, -0.15) is 0 Å². The van der Waals surface area contributed by atoms with Crippen molar-refractivity contribution in [2.24, 2.45) is 11.8 Å². The van der Waals surface area contributed by atoms with E-state index in [1.54, 1.807) is 6.07 Å². The maximum atomic E-state index is 13.5. The number of ketones is 1. The molecule has 0 aliphatic rings. The van der Waals surface area contributed by atoms with E-state index in [1.165, 1.54) is 17.7 Å². The van der Waals surface area contributed by atoms with E-state index in [0.29, 0.717) is 0 Å². The van der Waals surface area contributed by atoms with Gasteiger partial charge in [-0.1, -0.05) is 65.8 Å². The second kappa shape index (κ2) is 15.1. The molecule has 4 rings (SSSR count). The summed E-state index contributed by atoms with van der Waals surface area (Å²) in [6.07, 6.45) is 6.78. The van der Waals surface area contributed by atoms with Gasteiger partial charge in [-0.25, -0.2) is 4.39 Å². The van der Waals surface area contributed by atoms with Crippen molar-refractivity contribution in [1.82, 2.24) is 4.98 Å². The zero-order valence-electron chi connectivity index (χ0n) is 23.8. The molecule has 1 heterocycles. The number of fused-ring (bicyclic) bond motifs is 3. The average molecular weight is 705 g/mol. The summed E-state index contributed by atoms with van der Waals surface area (Å²) in [5, 5.41) is 13.8. The van der Waals surface area contributed by atoms with Crippen LogP contribution in [0.1, 0.15) is 64.5 Å². The van der Waals surface area contributed by atoms with Crippen LogP contribution in [-0.4, -0.2) is 15.9 Å². The molecule has 0 amide bonds. The molecule has 0 aliphatic heterocycles. The smallest absolute Gasteiger partial charge is 0.162 e. The number of aryl methyl sites for hydroxylation is 2. The number of aliphatic hydroxyl groups excluding tert-OH is 1. The maximum Gasteiger partial charge on any atom is 0.162 e. The molecule has 1 aromatic heterocycles. The standard InChI is InChI=1S/C21H15FN.C13H24O2.Ir/c1-13-7-14(2)9-17(8-13)21-11-20-16(12-23-21)4-3-15-10-18(22)5-6-19(15)20;1-5-10(6-2)12(14)9-13(15)11(7-3)8-4;/h3-8,10-12H,1-2H3;9-11,14H,5-8H2,1-4H3;/q-1;;/b;12-9-;. The summed E-state index contributed by atoms with van der Waals surface area (Å²) in [5.74, 6) is 0.333. The van der Waals surface area contributed by atoms with Crippen LogP contribution in [0.5, 0.6) is 0 Å². The molecule has 0 unspecified atom stereocenters. The monoisotopic (exact) mass is 705 g/mol. The SMILES string of the molecule is CCC(CC)C(=O)/C=C(\O)C(CC)CC.Cc1[c-]c(-c2cc3c(ccc4cc(F)ccc43)cn2)cc(C)c1.[Ir]. The van der Waals surface area contributed by atoms with Crippen LogP contribution in [0.4, 0.5) is 4.39 Å². The summed E-state index contributed by atoms with van der Waals surface area (Å²) in [6, 6.07) is 18.5. The molecular weight excluding hydrogens is 666 g/mol.